The number of aromatic nitrogens is 4. The molecule has 0 bridgehead atoms. The number of halogens is 1. The molecule has 1 atom stereocenters. The lowest BCUT2D eigenvalue weighted by Crippen LogP contribution is -2.14. The molecule has 5 aromatic rings. The Labute approximate surface area is 225 Å². The second kappa shape index (κ2) is 10.1. The van der Waals surface area contributed by atoms with Gasteiger partial charge in [0.2, 0.25) is 11.9 Å². The van der Waals surface area contributed by atoms with Gasteiger partial charge in [-0.15, -0.1) is 5.10 Å². The van der Waals surface area contributed by atoms with Gasteiger partial charge in [0.25, 0.3) is 0 Å². The van der Waals surface area contributed by atoms with Crippen molar-refractivity contribution < 1.29 is 14.0 Å². The van der Waals surface area contributed by atoms with Gasteiger partial charge in [-0.05, 0) is 84.7 Å². The van der Waals surface area contributed by atoms with Gasteiger partial charge in [0.1, 0.15) is 5.82 Å². The van der Waals surface area contributed by atoms with Gasteiger partial charge >= 0.3 is 0 Å². The molecule has 8 heteroatoms. The van der Waals surface area contributed by atoms with Gasteiger partial charge < -0.3 is 4.57 Å². The molecule has 39 heavy (non-hydrogen) atoms. The highest BCUT2D eigenvalue weighted by atomic mass is 19.1. The molecule has 3 aromatic heterocycles. The van der Waals surface area contributed by atoms with Gasteiger partial charge in [0.05, 0.1) is 0 Å². The molecule has 1 amide bonds. The highest BCUT2D eigenvalue weighted by Crippen LogP contribution is 2.31. The number of anilines is 1. The fourth-order valence-corrected chi connectivity index (χ4v) is 5.15. The van der Waals surface area contributed by atoms with Crippen LogP contribution >= 0.6 is 0 Å². The molecule has 1 aliphatic carbocycles. The average molecular weight is 524 g/mol. The maximum atomic E-state index is 13.6. The van der Waals surface area contributed by atoms with Crippen LogP contribution in [-0.2, 0) is 11.8 Å². The number of fused-ring (bicyclic) bond motifs is 2. The minimum absolute atomic E-state index is 0.0266. The molecule has 2 aromatic carbocycles. The SMILES string of the molecule is C[C@@H](CCCC(=O)c1cn(C)c2ccc(-c3ccn4nc(NC(=O)C5CC5)nc4c3)cc12)c1cccc(F)c1. The molecule has 7 nitrogen and oxygen atoms in total. The van der Waals surface area contributed by atoms with Gasteiger partial charge in [0.15, 0.2) is 11.4 Å². The Balaban J connectivity index is 1.20. The zero-order valence-corrected chi connectivity index (χ0v) is 22.0. The minimum Gasteiger partial charge on any atom is -0.350 e. The minimum atomic E-state index is -0.231. The number of nitrogens with one attached hydrogen (secondary N) is 1. The quantitative estimate of drug-likeness (QED) is 0.223. The third-order valence-electron chi connectivity index (χ3n) is 7.60. The number of ketones is 1. The van der Waals surface area contributed by atoms with E-state index in [1.807, 2.05) is 54.3 Å². The smallest absolute Gasteiger partial charge is 0.249 e. The lowest BCUT2D eigenvalue weighted by Gasteiger charge is -2.11. The van der Waals surface area contributed by atoms with Crippen molar-refractivity contribution in [3.05, 3.63) is 83.9 Å². The predicted octanol–water partition coefficient (Wildman–Crippen LogP) is 6.53. The second-order valence-corrected chi connectivity index (χ2v) is 10.6. The number of benzene rings is 2. The van der Waals surface area contributed by atoms with Gasteiger partial charge in [-0.2, -0.15) is 4.98 Å². The Hall–Kier alpha value is -4.33. The number of carbonyl (C=O) groups excluding carboxylic acids is 2. The van der Waals surface area contributed by atoms with Crippen LogP contribution in [-0.4, -0.2) is 30.9 Å². The van der Waals surface area contributed by atoms with Gasteiger partial charge in [-0.1, -0.05) is 25.1 Å². The van der Waals surface area contributed by atoms with Crippen LogP contribution in [0.3, 0.4) is 0 Å². The first-order valence-electron chi connectivity index (χ1n) is 13.4. The lowest BCUT2D eigenvalue weighted by molar-refractivity contribution is -0.117. The van der Waals surface area contributed by atoms with E-state index in [4.69, 9.17) is 0 Å². The molecule has 0 spiro atoms. The van der Waals surface area contributed by atoms with Crippen molar-refractivity contribution >= 4 is 34.2 Å². The highest BCUT2D eigenvalue weighted by molar-refractivity contribution is 6.09. The van der Waals surface area contributed by atoms with Crippen LogP contribution in [0.15, 0.2) is 67.0 Å². The fourth-order valence-electron chi connectivity index (χ4n) is 5.15. The molecule has 198 valence electrons. The van der Waals surface area contributed by atoms with Crippen LogP contribution < -0.4 is 5.32 Å². The summed E-state index contributed by atoms with van der Waals surface area (Å²) in [5.74, 6) is 0.420. The van der Waals surface area contributed by atoms with E-state index in [9.17, 15) is 14.0 Å². The Kier molecular flexibility index (Phi) is 6.46. The standard InChI is InChI=1S/C31H30FN5O2/c1-19(21-6-4-7-24(32)15-21)5-3-8-28(38)26-18-36(2)27-12-11-22(16-25(26)27)23-13-14-37-29(17-23)33-31(35-37)34-30(39)20-9-10-20/h4,6-7,11-20H,3,5,8-10H2,1-2H3,(H,34,35,39)/t19-/m0/s1. The molecule has 1 saturated carbocycles. The fraction of sp³-hybridized carbons (Fsp3) is 0.290. The predicted molar refractivity (Wildman–Crippen MR) is 149 cm³/mol. The van der Waals surface area contributed by atoms with Gasteiger partial charge in [-0.3, -0.25) is 14.9 Å². The van der Waals surface area contributed by atoms with E-state index in [1.54, 1.807) is 16.6 Å². The number of hydrogen-bond acceptors (Lipinski definition) is 4. The van der Waals surface area contributed by atoms with E-state index in [0.29, 0.717) is 23.6 Å². The van der Waals surface area contributed by atoms with Crippen molar-refractivity contribution in [1.82, 2.24) is 19.2 Å². The van der Waals surface area contributed by atoms with Gasteiger partial charge in [-0.25, -0.2) is 8.91 Å². The average Bonchev–Trinajstić information content (AvgIpc) is 3.63. The Morgan fingerprint density at radius 1 is 1.10 bits per heavy atom. The summed E-state index contributed by atoms with van der Waals surface area (Å²) in [4.78, 5) is 29.8. The monoisotopic (exact) mass is 523 g/mol. The number of rotatable bonds is 9. The third-order valence-corrected chi connectivity index (χ3v) is 7.60. The molecule has 6 rings (SSSR count). The van der Waals surface area contributed by atoms with E-state index in [2.05, 4.69) is 28.4 Å². The van der Waals surface area contributed by atoms with E-state index in [0.717, 1.165) is 53.3 Å². The van der Waals surface area contributed by atoms with Crippen LogP contribution in [0.25, 0.3) is 27.7 Å². The van der Waals surface area contributed by atoms with Crippen molar-refractivity contribution in [2.45, 2.75) is 44.9 Å². The largest absolute Gasteiger partial charge is 0.350 e. The first kappa shape index (κ1) is 25.0. The highest BCUT2D eigenvalue weighted by Gasteiger charge is 2.30. The molecular formula is C31H30FN5O2. The van der Waals surface area contributed by atoms with Crippen molar-refractivity contribution in [1.29, 1.82) is 0 Å². The van der Waals surface area contributed by atoms with Crippen LogP contribution in [0.2, 0.25) is 0 Å². The number of Topliss-reactive ketones (excluding diaryl/α,β-unsaturated/α-hetero) is 1. The molecule has 1 aliphatic rings. The number of aryl methyl sites for hydroxylation is 1. The summed E-state index contributed by atoms with van der Waals surface area (Å²) in [7, 11) is 1.95. The van der Waals surface area contributed by atoms with Gasteiger partial charge in [0, 0.05) is 48.2 Å². The van der Waals surface area contributed by atoms with Crippen LogP contribution in [0, 0.1) is 11.7 Å². The van der Waals surface area contributed by atoms with Crippen LogP contribution in [0.1, 0.15) is 60.9 Å². The summed E-state index contributed by atoms with van der Waals surface area (Å²) >= 11 is 0. The molecule has 0 saturated heterocycles. The maximum absolute atomic E-state index is 13.6. The zero-order valence-electron chi connectivity index (χ0n) is 22.0. The molecular weight excluding hydrogens is 493 g/mol. The first-order chi connectivity index (χ1) is 18.9. The van der Waals surface area contributed by atoms with Crippen molar-refractivity contribution in [2.24, 2.45) is 13.0 Å². The summed E-state index contributed by atoms with van der Waals surface area (Å²) in [5, 5.41) is 8.07. The van der Waals surface area contributed by atoms with E-state index >= 15 is 0 Å². The molecule has 0 aliphatic heterocycles. The van der Waals surface area contributed by atoms with Crippen LogP contribution in [0.5, 0.6) is 0 Å². The number of pyridine rings is 1. The summed E-state index contributed by atoms with van der Waals surface area (Å²) < 4.78 is 17.2. The van der Waals surface area contributed by atoms with Crippen molar-refractivity contribution in [2.75, 3.05) is 5.32 Å². The third kappa shape index (κ3) is 5.19. The van der Waals surface area contributed by atoms with Crippen LogP contribution in [0.4, 0.5) is 10.3 Å². The first-order valence-corrected chi connectivity index (χ1v) is 13.4. The van der Waals surface area contributed by atoms with E-state index < -0.39 is 0 Å². The Morgan fingerprint density at radius 3 is 2.72 bits per heavy atom. The number of hydrogen-bond donors (Lipinski definition) is 1. The number of nitrogens with zero attached hydrogens (tertiary/aromatic N) is 4. The molecule has 3 heterocycles. The number of carbonyl (C=O) groups is 2. The molecule has 1 N–H and O–H groups in total. The molecule has 0 unspecified atom stereocenters. The normalized spacial score (nSPS) is 14.1. The summed E-state index contributed by atoms with van der Waals surface area (Å²) in [5.41, 5.74) is 5.21. The maximum Gasteiger partial charge on any atom is 0.249 e. The Bertz CT molecular complexity index is 1720. The van der Waals surface area contributed by atoms with E-state index in [1.165, 1.54) is 6.07 Å². The Morgan fingerprint density at radius 2 is 1.92 bits per heavy atom. The summed E-state index contributed by atoms with van der Waals surface area (Å²) in [6.07, 6.45) is 7.55. The van der Waals surface area contributed by atoms with Crippen molar-refractivity contribution in [3.8, 4) is 11.1 Å². The summed E-state index contributed by atoms with van der Waals surface area (Å²) in [6.45, 7) is 2.07. The van der Waals surface area contributed by atoms with E-state index in [-0.39, 0.29) is 29.3 Å². The second-order valence-electron chi connectivity index (χ2n) is 10.6. The zero-order chi connectivity index (χ0) is 27.1. The topological polar surface area (TPSA) is 81.3 Å². The molecule has 1 fully saturated rings. The van der Waals surface area contributed by atoms with Crippen molar-refractivity contribution in [3.63, 3.8) is 0 Å². The number of amides is 1. The lowest BCUT2D eigenvalue weighted by atomic mass is 9.94. The molecule has 0 radical (unpaired) electrons. The summed E-state index contributed by atoms with van der Waals surface area (Å²) in [6, 6.07) is 16.7.